The standard InChI is InChI=1S/C15H15BrN2O2/c1-9-4-3-5-12(10(9)2)18-8-11(16)13(17-18)15(6-7-15)14(19)20/h3-5,8H,6-7H2,1-2H3,(H,19,20). The minimum atomic E-state index is -0.790. The van der Waals surface area contributed by atoms with Gasteiger partial charge in [0, 0.05) is 6.20 Å². The average molecular weight is 335 g/mol. The van der Waals surface area contributed by atoms with Crippen LogP contribution < -0.4 is 0 Å². The Morgan fingerprint density at radius 2 is 2.10 bits per heavy atom. The fourth-order valence-corrected chi connectivity index (χ4v) is 3.11. The molecule has 1 fully saturated rings. The van der Waals surface area contributed by atoms with Crippen LogP contribution in [0, 0.1) is 13.8 Å². The number of benzene rings is 1. The predicted molar refractivity (Wildman–Crippen MR) is 79.3 cm³/mol. The van der Waals surface area contributed by atoms with E-state index in [9.17, 15) is 9.90 Å². The molecule has 0 spiro atoms. The van der Waals surface area contributed by atoms with Gasteiger partial charge in [-0.2, -0.15) is 5.10 Å². The highest BCUT2D eigenvalue weighted by atomic mass is 79.9. The van der Waals surface area contributed by atoms with E-state index in [0.717, 1.165) is 15.7 Å². The summed E-state index contributed by atoms with van der Waals surface area (Å²) in [5.41, 5.74) is 3.16. The summed E-state index contributed by atoms with van der Waals surface area (Å²) in [6.45, 7) is 4.10. The lowest BCUT2D eigenvalue weighted by Crippen LogP contribution is -2.21. The highest BCUT2D eigenvalue weighted by Crippen LogP contribution is 2.50. The first kappa shape index (κ1) is 13.4. The van der Waals surface area contributed by atoms with Gasteiger partial charge < -0.3 is 5.11 Å². The lowest BCUT2D eigenvalue weighted by molar-refractivity contribution is -0.140. The number of aliphatic carboxylic acids is 1. The number of hydrogen-bond acceptors (Lipinski definition) is 2. The van der Waals surface area contributed by atoms with Gasteiger partial charge in [0.25, 0.3) is 0 Å². The second-order valence-corrected chi connectivity index (χ2v) is 6.23. The van der Waals surface area contributed by atoms with Crippen LogP contribution in [-0.4, -0.2) is 20.9 Å². The summed E-state index contributed by atoms with van der Waals surface area (Å²) in [7, 11) is 0. The Morgan fingerprint density at radius 1 is 1.40 bits per heavy atom. The summed E-state index contributed by atoms with van der Waals surface area (Å²) in [4.78, 5) is 11.4. The third kappa shape index (κ3) is 1.88. The maximum atomic E-state index is 11.4. The van der Waals surface area contributed by atoms with Gasteiger partial charge in [0.1, 0.15) is 5.41 Å². The van der Waals surface area contributed by atoms with Crippen LogP contribution in [0.15, 0.2) is 28.9 Å². The molecule has 1 aliphatic carbocycles. The van der Waals surface area contributed by atoms with E-state index >= 15 is 0 Å². The van der Waals surface area contributed by atoms with Crippen LogP contribution in [-0.2, 0) is 10.2 Å². The van der Waals surface area contributed by atoms with E-state index < -0.39 is 11.4 Å². The number of halogens is 1. The van der Waals surface area contributed by atoms with Gasteiger partial charge in [-0.05, 0) is 59.8 Å². The van der Waals surface area contributed by atoms with Gasteiger partial charge in [-0.1, -0.05) is 12.1 Å². The Bertz CT molecular complexity index is 702. The molecule has 0 unspecified atom stereocenters. The highest BCUT2D eigenvalue weighted by Gasteiger charge is 2.55. The molecule has 2 aromatic rings. The number of aromatic nitrogens is 2. The molecule has 1 aromatic heterocycles. The van der Waals surface area contributed by atoms with E-state index in [2.05, 4.69) is 34.0 Å². The Morgan fingerprint density at radius 3 is 2.70 bits per heavy atom. The molecule has 1 aromatic carbocycles. The average Bonchev–Trinajstić information content (AvgIpc) is 3.12. The summed E-state index contributed by atoms with van der Waals surface area (Å²) in [5, 5.41) is 13.9. The monoisotopic (exact) mass is 334 g/mol. The molecule has 0 bridgehead atoms. The van der Waals surface area contributed by atoms with Crippen LogP contribution in [0.5, 0.6) is 0 Å². The van der Waals surface area contributed by atoms with E-state index in [-0.39, 0.29) is 0 Å². The van der Waals surface area contributed by atoms with Crippen molar-refractivity contribution in [2.45, 2.75) is 32.1 Å². The molecular weight excluding hydrogens is 320 g/mol. The third-order valence-electron chi connectivity index (χ3n) is 4.11. The van der Waals surface area contributed by atoms with Crippen molar-refractivity contribution in [2.75, 3.05) is 0 Å². The first-order valence-corrected chi connectivity index (χ1v) is 7.30. The molecular formula is C15H15BrN2O2. The largest absolute Gasteiger partial charge is 0.481 e. The molecule has 0 saturated heterocycles. The molecule has 3 rings (SSSR count). The quantitative estimate of drug-likeness (QED) is 0.936. The number of aryl methyl sites for hydroxylation is 1. The molecule has 104 valence electrons. The zero-order valence-corrected chi connectivity index (χ0v) is 12.9. The van der Waals surface area contributed by atoms with Crippen LogP contribution in [0.25, 0.3) is 5.69 Å². The molecule has 1 N–H and O–H groups in total. The lowest BCUT2D eigenvalue weighted by Gasteiger charge is -2.09. The third-order valence-corrected chi connectivity index (χ3v) is 4.69. The molecule has 20 heavy (non-hydrogen) atoms. The van der Waals surface area contributed by atoms with Crippen LogP contribution in [0.1, 0.15) is 29.7 Å². The SMILES string of the molecule is Cc1cccc(-n2cc(Br)c(C3(C(=O)O)CC3)n2)c1C. The smallest absolute Gasteiger partial charge is 0.315 e. The molecule has 0 amide bonds. The first-order chi connectivity index (χ1) is 9.45. The number of carboxylic acids is 1. The van der Waals surface area contributed by atoms with Gasteiger partial charge in [-0.3, -0.25) is 4.79 Å². The van der Waals surface area contributed by atoms with Crippen LogP contribution in [0.2, 0.25) is 0 Å². The van der Waals surface area contributed by atoms with Crippen LogP contribution in [0.4, 0.5) is 0 Å². The molecule has 4 nitrogen and oxygen atoms in total. The van der Waals surface area contributed by atoms with Crippen molar-refractivity contribution in [3.05, 3.63) is 45.7 Å². The Hall–Kier alpha value is -1.62. The second kappa shape index (κ2) is 4.45. The molecule has 1 saturated carbocycles. The van der Waals surface area contributed by atoms with Gasteiger partial charge in [-0.15, -0.1) is 0 Å². The number of carbonyl (C=O) groups is 1. The van der Waals surface area contributed by atoms with Gasteiger partial charge in [-0.25, -0.2) is 4.68 Å². The normalized spacial score (nSPS) is 16.1. The summed E-state index contributed by atoms with van der Waals surface area (Å²) < 4.78 is 2.53. The number of hydrogen-bond donors (Lipinski definition) is 1. The van der Waals surface area contributed by atoms with Crippen molar-refractivity contribution in [3.8, 4) is 5.69 Å². The van der Waals surface area contributed by atoms with Crippen molar-refractivity contribution in [2.24, 2.45) is 0 Å². The molecule has 0 radical (unpaired) electrons. The van der Waals surface area contributed by atoms with E-state index in [4.69, 9.17) is 0 Å². The van der Waals surface area contributed by atoms with Crippen molar-refractivity contribution in [3.63, 3.8) is 0 Å². The zero-order valence-electron chi connectivity index (χ0n) is 11.4. The lowest BCUT2D eigenvalue weighted by atomic mass is 10.0. The summed E-state index contributed by atoms with van der Waals surface area (Å²) >= 11 is 3.45. The maximum Gasteiger partial charge on any atom is 0.315 e. The Balaban J connectivity index is 2.10. The first-order valence-electron chi connectivity index (χ1n) is 6.51. The van der Waals surface area contributed by atoms with Gasteiger partial charge in [0.2, 0.25) is 0 Å². The second-order valence-electron chi connectivity index (χ2n) is 5.38. The Labute approximate surface area is 125 Å². The van der Waals surface area contributed by atoms with Crippen LogP contribution in [0.3, 0.4) is 0 Å². The van der Waals surface area contributed by atoms with E-state index in [1.54, 1.807) is 4.68 Å². The molecule has 0 atom stereocenters. The van der Waals surface area contributed by atoms with Crippen molar-refractivity contribution >= 4 is 21.9 Å². The topological polar surface area (TPSA) is 55.1 Å². The van der Waals surface area contributed by atoms with Crippen molar-refractivity contribution in [1.29, 1.82) is 0 Å². The molecule has 1 aliphatic rings. The summed E-state index contributed by atoms with van der Waals surface area (Å²) in [6.07, 6.45) is 3.16. The number of carboxylic acid groups (broad SMARTS) is 1. The van der Waals surface area contributed by atoms with Crippen molar-refractivity contribution < 1.29 is 9.90 Å². The minimum Gasteiger partial charge on any atom is -0.481 e. The minimum absolute atomic E-state index is 0.630. The summed E-state index contributed by atoms with van der Waals surface area (Å²) in [5.74, 6) is -0.788. The molecule has 0 aliphatic heterocycles. The number of rotatable bonds is 3. The fraction of sp³-hybridized carbons (Fsp3) is 0.333. The number of nitrogens with zero attached hydrogens (tertiary/aromatic N) is 2. The highest BCUT2D eigenvalue weighted by molar-refractivity contribution is 9.10. The Kier molecular flexibility index (Phi) is 2.97. The van der Waals surface area contributed by atoms with Gasteiger partial charge >= 0.3 is 5.97 Å². The fourth-order valence-electron chi connectivity index (χ4n) is 2.46. The van der Waals surface area contributed by atoms with Crippen molar-refractivity contribution in [1.82, 2.24) is 9.78 Å². The van der Waals surface area contributed by atoms with E-state index in [1.807, 2.05) is 25.3 Å². The van der Waals surface area contributed by atoms with E-state index in [0.29, 0.717) is 18.5 Å². The molecule has 5 heteroatoms. The predicted octanol–water partition coefficient (Wildman–Crippen LogP) is 3.37. The maximum absolute atomic E-state index is 11.4. The van der Waals surface area contributed by atoms with E-state index in [1.165, 1.54) is 5.56 Å². The van der Waals surface area contributed by atoms with Crippen LogP contribution >= 0.6 is 15.9 Å². The summed E-state index contributed by atoms with van der Waals surface area (Å²) in [6, 6.07) is 6.03. The van der Waals surface area contributed by atoms with Gasteiger partial charge in [0.05, 0.1) is 15.9 Å². The van der Waals surface area contributed by atoms with Gasteiger partial charge in [0.15, 0.2) is 0 Å². The zero-order chi connectivity index (χ0) is 14.5. The molecule has 1 heterocycles.